The number of nitrogens with zero attached hydrogens (tertiary/aromatic N) is 1. The molecule has 0 aliphatic rings. The molecule has 0 aliphatic heterocycles. The van der Waals surface area contributed by atoms with E-state index in [-0.39, 0.29) is 0 Å². The van der Waals surface area contributed by atoms with Crippen LogP contribution in [0.4, 0.5) is 10.1 Å². The van der Waals surface area contributed by atoms with Crippen LogP contribution in [0.5, 0.6) is 5.75 Å². The van der Waals surface area contributed by atoms with E-state index in [2.05, 4.69) is 0 Å². The zero-order chi connectivity index (χ0) is 14.5. The Balaban J connectivity index is 2.15. The summed E-state index contributed by atoms with van der Waals surface area (Å²) in [7, 11) is 0. The first kappa shape index (κ1) is 13.9. The van der Waals surface area contributed by atoms with Gasteiger partial charge in [-0.3, -0.25) is 10.1 Å². The molecule has 5 nitrogen and oxygen atoms in total. The van der Waals surface area contributed by atoms with Crippen LogP contribution in [0.25, 0.3) is 6.08 Å². The number of esters is 1. The third kappa shape index (κ3) is 3.48. The van der Waals surface area contributed by atoms with Crippen LogP contribution >= 0.6 is 11.3 Å². The smallest absolute Gasteiger partial charge is 0.336 e. The molecule has 0 radical (unpaired) electrons. The summed E-state index contributed by atoms with van der Waals surface area (Å²) < 4.78 is 17.8. The van der Waals surface area contributed by atoms with Crippen molar-refractivity contribution in [2.75, 3.05) is 0 Å². The summed E-state index contributed by atoms with van der Waals surface area (Å²) in [4.78, 5) is 22.4. The number of hydrogen-bond donors (Lipinski definition) is 0. The Kier molecular flexibility index (Phi) is 4.21. The van der Waals surface area contributed by atoms with Gasteiger partial charge in [0.25, 0.3) is 0 Å². The van der Waals surface area contributed by atoms with Crippen LogP contribution in [0.15, 0.2) is 41.8 Å². The van der Waals surface area contributed by atoms with Gasteiger partial charge in [-0.2, -0.15) is 0 Å². The molecular formula is C13H8FNO4S. The van der Waals surface area contributed by atoms with Crippen molar-refractivity contribution in [3.05, 3.63) is 62.6 Å². The zero-order valence-electron chi connectivity index (χ0n) is 9.99. The van der Waals surface area contributed by atoms with Crippen LogP contribution in [-0.2, 0) is 4.79 Å². The Labute approximate surface area is 117 Å². The molecule has 0 atom stereocenters. The number of carbonyl (C=O) groups excluding carboxylic acids is 1. The quantitative estimate of drug-likeness (QED) is 0.285. The Morgan fingerprint density at radius 3 is 2.85 bits per heavy atom. The van der Waals surface area contributed by atoms with Gasteiger partial charge in [0.15, 0.2) is 0 Å². The Bertz CT molecular complexity index is 667. The van der Waals surface area contributed by atoms with Crippen molar-refractivity contribution < 1.29 is 18.8 Å². The highest BCUT2D eigenvalue weighted by atomic mass is 32.1. The summed E-state index contributed by atoms with van der Waals surface area (Å²) in [5.41, 5.74) is -0.468. The van der Waals surface area contributed by atoms with Crippen LogP contribution in [0.1, 0.15) is 4.88 Å². The molecule has 0 N–H and O–H groups in total. The van der Waals surface area contributed by atoms with Gasteiger partial charge in [-0.25, -0.2) is 9.18 Å². The predicted molar refractivity (Wildman–Crippen MR) is 72.0 cm³/mol. The first-order chi connectivity index (χ1) is 9.56. The number of thiophene rings is 1. The van der Waals surface area contributed by atoms with Crippen molar-refractivity contribution in [2.45, 2.75) is 0 Å². The van der Waals surface area contributed by atoms with Crippen molar-refractivity contribution in [3.8, 4) is 5.75 Å². The summed E-state index contributed by atoms with van der Waals surface area (Å²) in [6.07, 6.45) is 2.64. The van der Waals surface area contributed by atoms with E-state index in [0.717, 1.165) is 29.2 Å². The second-order valence-corrected chi connectivity index (χ2v) is 4.62. The number of hydrogen-bond acceptors (Lipinski definition) is 5. The van der Waals surface area contributed by atoms with Gasteiger partial charge in [-0.1, -0.05) is 6.07 Å². The number of halogens is 1. The third-order valence-electron chi connectivity index (χ3n) is 2.26. The van der Waals surface area contributed by atoms with Crippen molar-refractivity contribution >= 4 is 29.1 Å². The molecule has 1 aromatic heterocycles. The van der Waals surface area contributed by atoms with Crippen molar-refractivity contribution in [1.29, 1.82) is 0 Å². The normalized spacial score (nSPS) is 10.7. The molecule has 0 spiro atoms. The molecular weight excluding hydrogens is 285 g/mol. The predicted octanol–water partition coefficient (Wildman–Crippen LogP) is 3.41. The summed E-state index contributed by atoms with van der Waals surface area (Å²) in [6, 6.07) is 6.28. The summed E-state index contributed by atoms with van der Waals surface area (Å²) in [6.45, 7) is 0. The second-order valence-electron chi connectivity index (χ2n) is 3.64. The number of carbonyl (C=O) groups is 1. The van der Waals surface area contributed by atoms with Crippen LogP contribution in [0, 0.1) is 15.9 Å². The highest BCUT2D eigenvalue weighted by Crippen LogP contribution is 2.27. The molecule has 0 saturated carbocycles. The largest absolute Gasteiger partial charge is 0.416 e. The zero-order valence-corrected chi connectivity index (χ0v) is 10.8. The summed E-state index contributed by atoms with van der Waals surface area (Å²) >= 11 is 1.42. The topological polar surface area (TPSA) is 69.4 Å². The Hall–Kier alpha value is -2.54. The standard InChI is InChI=1S/C13H8FNO4S/c14-9-3-5-11(15(17)18)12(8-9)19-13(16)6-4-10-2-1-7-20-10/h1-8H/b6-4+. The lowest BCUT2D eigenvalue weighted by molar-refractivity contribution is -0.385. The maximum Gasteiger partial charge on any atom is 0.336 e. The van der Waals surface area contributed by atoms with Crippen molar-refractivity contribution in [1.82, 2.24) is 0 Å². The molecule has 102 valence electrons. The molecule has 0 saturated heterocycles. The van der Waals surface area contributed by atoms with Gasteiger partial charge in [0, 0.05) is 23.1 Å². The Morgan fingerprint density at radius 2 is 2.20 bits per heavy atom. The van der Waals surface area contributed by atoms with Gasteiger partial charge in [0.1, 0.15) is 5.82 Å². The fourth-order valence-corrected chi connectivity index (χ4v) is 2.02. The van der Waals surface area contributed by atoms with Gasteiger partial charge in [0.05, 0.1) is 4.92 Å². The van der Waals surface area contributed by atoms with Gasteiger partial charge in [-0.15, -0.1) is 11.3 Å². The lowest BCUT2D eigenvalue weighted by atomic mass is 10.3. The molecule has 1 aromatic carbocycles. The lowest BCUT2D eigenvalue weighted by Crippen LogP contribution is -2.06. The molecule has 7 heteroatoms. The Morgan fingerprint density at radius 1 is 1.40 bits per heavy atom. The van der Waals surface area contributed by atoms with Gasteiger partial charge < -0.3 is 4.74 Å². The minimum Gasteiger partial charge on any atom is -0.416 e. The van der Waals surface area contributed by atoms with Crippen LogP contribution in [0.2, 0.25) is 0 Å². The van der Waals surface area contributed by atoms with Gasteiger partial charge >= 0.3 is 11.7 Å². The van der Waals surface area contributed by atoms with E-state index < -0.39 is 28.1 Å². The van der Waals surface area contributed by atoms with E-state index in [4.69, 9.17) is 4.74 Å². The van der Waals surface area contributed by atoms with Crippen LogP contribution in [-0.4, -0.2) is 10.9 Å². The van der Waals surface area contributed by atoms with Crippen LogP contribution in [0.3, 0.4) is 0 Å². The molecule has 2 aromatic rings. The number of rotatable bonds is 4. The van der Waals surface area contributed by atoms with E-state index in [1.54, 1.807) is 6.07 Å². The average molecular weight is 293 g/mol. The highest BCUT2D eigenvalue weighted by Gasteiger charge is 2.17. The second kappa shape index (κ2) is 6.07. The molecule has 0 unspecified atom stereocenters. The molecule has 0 amide bonds. The minimum atomic E-state index is -0.813. The van der Waals surface area contributed by atoms with Gasteiger partial charge in [0.2, 0.25) is 5.75 Å². The molecule has 0 aliphatic carbocycles. The van der Waals surface area contributed by atoms with E-state index in [1.807, 2.05) is 11.4 Å². The fraction of sp³-hybridized carbons (Fsp3) is 0. The van der Waals surface area contributed by atoms with Crippen LogP contribution < -0.4 is 4.74 Å². The maximum absolute atomic E-state index is 13.0. The van der Waals surface area contributed by atoms with Gasteiger partial charge in [-0.05, 0) is 23.6 Å². The molecule has 1 heterocycles. The van der Waals surface area contributed by atoms with Crippen molar-refractivity contribution in [3.63, 3.8) is 0 Å². The third-order valence-corrected chi connectivity index (χ3v) is 3.09. The minimum absolute atomic E-state index is 0.421. The van der Waals surface area contributed by atoms with E-state index in [1.165, 1.54) is 17.4 Å². The monoisotopic (exact) mass is 293 g/mol. The number of nitro benzene ring substituents is 1. The molecule has 0 bridgehead atoms. The number of ether oxygens (including phenoxy) is 1. The summed E-state index contributed by atoms with van der Waals surface area (Å²) in [5, 5.41) is 12.6. The maximum atomic E-state index is 13.0. The van der Waals surface area contributed by atoms with E-state index in [9.17, 15) is 19.3 Å². The SMILES string of the molecule is O=C(/C=C/c1cccs1)Oc1cc(F)ccc1[N+](=O)[O-]. The number of benzene rings is 1. The lowest BCUT2D eigenvalue weighted by Gasteiger charge is -2.02. The van der Waals surface area contributed by atoms with E-state index in [0.29, 0.717) is 0 Å². The molecule has 0 fully saturated rings. The highest BCUT2D eigenvalue weighted by molar-refractivity contribution is 7.10. The average Bonchev–Trinajstić information content (AvgIpc) is 2.89. The molecule has 20 heavy (non-hydrogen) atoms. The first-order valence-corrected chi connectivity index (χ1v) is 6.31. The number of nitro groups is 1. The van der Waals surface area contributed by atoms with E-state index >= 15 is 0 Å². The van der Waals surface area contributed by atoms with Crippen molar-refractivity contribution in [2.24, 2.45) is 0 Å². The summed E-state index contributed by atoms with van der Waals surface area (Å²) in [5.74, 6) is -1.96. The fourth-order valence-electron chi connectivity index (χ4n) is 1.40. The molecule has 2 rings (SSSR count). The first-order valence-electron chi connectivity index (χ1n) is 5.43.